The summed E-state index contributed by atoms with van der Waals surface area (Å²) < 4.78 is 5.58. The molecule has 7 heteroatoms. The Balaban J connectivity index is 0.00000225. The Bertz CT molecular complexity index is 687. The number of piperidine rings is 1. The third-order valence-electron chi connectivity index (χ3n) is 4.53. The average Bonchev–Trinajstić information content (AvgIpc) is 3.13. The van der Waals surface area contributed by atoms with Crippen LogP contribution in [0.15, 0.2) is 35.7 Å². The van der Waals surface area contributed by atoms with Crippen molar-refractivity contribution in [1.29, 1.82) is 0 Å². The van der Waals surface area contributed by atoms with Crippen molar-refractivity contribution in [2.75, 3.05) is 20.2 Å². The van der Waals surface area contributed by atoms with Crippen LogP contribution >= 0.6 is 23.7 Å². The number of aromatic nitrogens is 1. The molecule has 1 aromatic heterocycles. The highest BCUT2D eigenvalue weighted by molar-refractivity contribution is 7.10. The third kappa shape index (κ3) is 4.39. The molecule has 2 heterocycles. The SMILES string of the molecule is COC1(C(=O)NC(C)c2nc(-c3ccccc3)cs2)CCNCC1.Cl. The summed E-state index contributed by atoms with van der Waals surface area (Å²) in [6.45, 7) is 3.56. The predicted octanol–water partition coefficient (Wildman–Crippen LogP) is 3.18. The lowest BCUT2D eigenvalue weighted by Gasteiger charge is -2.35. The lowest BCUT2D eigenvalue weighted by atomic mass is 9.91. The molecule has 5 nitrogen and oxygen atoms in total. The molecule has 2 aromatic rings. The Morgan fingerprint density at radius 1 is 1.32 bits per heavy atom. The number of carbonyl (C=O) groups excluding carboxylic acids is 1. The number of nitrogens with one attached hydrogen (secondary N) is 2. The lowest BCUT2D eigenvalue weighted by Crippen LogP contribution is -2.54. The Kier molecular flexibility index (Phi) is 6.95. The fraction of sp³-hybridized carbons (Fsp3) is 0.444. The number of halogens is 1. The molecule has 0 bridgehead atoms. The maximum Gasteiger partial charge on any atom is 0.252 e. The molecule has 0 radical (unpaired) electrons. The van der Waals surface area contributed by atoms with Crippen LogP contribution < -0.4 is 10.6 Å². The second-order valence-corrected chi connectivity index (χ2v) is 6.97. The predicted molar refractivity (Wildman–Crippen MR) is 103 cm³/mol. The number of amides is 1. The minimum absolute atomic E-state index is 0. The molecule has 1 atom stereocenters. The molecule has 1 aliphatic heterocycles. The monoisotopic (exact) mass is 381 g/mol. The summed E-state index contributed by atoms with van der Waals surface area (Å²) in [7, 11) is 1.62. The summed E-state index contributed by atoms with van der Waals surface area (Å²) in [5.74, 6) is -0.0459. The van der Waals surface area contributed by atoms with E-state index >= 15 is 0 Å². The van der Waals surface area contributed by atoms with Crippen LogP contribution in [0, 0.1) is 0 Å². The largest absolute Gasteiger partial charge is 0.368 e. The standard InChI is InChI=1S/C18H23N3O2S.ClH/c1-13(20-17(22)18(23-2)8-10-19-11-9-18)16-21-15(12-24-16)14-6-4-3-5-7-14;/h3-7,12-13,19H,8-11H2,1-2H3,(H,20,22);1H. The van der Waals surface area contributed by atoms with E-state index in [1.54, 1.807) is 18.4 Å². The van der Waals surface area contributed by atoms with Gasteiger partial charge in [0.2, 0.25) is 0 Å². The fourth-order valence-corrected chi connectivity index (χ4v) is 3.81. The topological polar surface area (TPSA) is 63.2 Å². The van der Waals surface area contributed by atoms with Crippen LogP contribution in [0.1, 0.15) is 30.8 Å². The van der Waals surface area contributed by atoms with Gasteiger partial charge in [-0.05, 0) is 32.9 Å². The van der Waals surface area contributed by atoms with Gasteiger partial charge in [-0.1, -0.05) is 30.3 Å². The highest BCUT2D eigenvalue weighted by Gasteiger charge is 2.40. The van der Waals surface area contributed by atoms with Gasteiger partial charge in [0.25, 0.3) is 5.91 Å². The van der Waals surface area contributed by atoms with Crippen molar-refractivity contribution >= 4 is 29.7 Å². The molecule has 0 saturated carbocycles. The minimum Gasteiger partial charge on any atom is -0.368 e. The van der Waals surface area contributed by atoms with E-state index in [1.165, 1.54) is 0 Å². The van der Waals surface area contributed by atoms with Gasteiger partial charge in [-0.15, -0.1) is 23.7 Å². The summed E-state index contributed by atoms with van der Waals surface area (Å²) >= 11 is 1.57. The average molecular weight is 382 g/mol. The van der Waals surface area contributed by atoms with E-state index in [4.69, 9.17) is 4.74 Å². The van der Waals surface area contributed by atoms with Crippen molar-refractivity contribution in [2.45, 2.75) is 31.4 Å². The second kappa shape index (κ2) is 8.76. The first-order valence-electron chi connectivity index (χ1n) is 8.22. The van der Waals surface area contributed by atoms with E-state index in [1.807, 2.05) is 42.6 Å². The fourth-order valence-electron chi connectivity index (χ4n) is 2.97. The van der Waals surface area contributed by atoms with E-state index < -0.39 is 5.60 Å². The lowest BCUT2D eigenvalue weighted by molar-refractivity contribution is -0.147. The molecule has 136 valence electrons. The van der Waals surface area contributed by atoms with Gasteiger partial charge in [-0.2, -0.15) is 0 Å². The van der Waals surface area contributed by atoms with Gasteiger partial charge in [0.05, 0.1) is 11.7 Å². The number of rotatable bonds is 5. The Labute approximate surface area is 158 Å². The van der Waals surface area contributed by atoms with E-state index in [-0.39, 0.29) is 24.4 Å². The molecule has 1 aromatic carbocycles. The van der Waals surface area contributed by atoms with E-state index in [0.717, 1.165) is 29.4 Å². The van der Waals surface area contributed by atoms with Crippen molar-refractivity contribution in [3.63, 3.8) is 0 Å². The summed E-state index contributed by atoms with van der Waals surface area (Å²) in [6.07, 6.45) is 1.38. The molecule has 25 heavy (non-hydrogen) atoms. The summed E-state index contributed by atoms with van der Waals surface area (Å²) in [5.41, 5.74) is 1.31. The van der Waals surface area contributed by atoms with Crippen molar-refractivity contribution in [3.8, 4) is 11.3 Å². The van der Waals surface area contributed by atoms with Crippen LogP contribution in [0.2, 0.25) is 0 Å². The highest BCUT2D eigenvalue weighted by Crippen LogP contribution is 2.27. The first-order valence-corrected chi connectivity index (χ1v) is 9.10. The van der Waals surface area contributed by atoms with Gasteiger partial charge in [-0.25, -0.2) is 4.98 Å². The molecule has 0 aliphatic carbocycles. The van der Waals surface area contributed by atoms with Crippen molar-refractivity contribution in [2.24, 2.45) is 0 Å². The number of hydrogen-bond donors (Lipinski definition) is 2. The van der Waals surface area contributed by atoms with Crippen molar-refractivity contribution < 1.29 is 9.53 Å². The molecule has 1 saturated heterocycles. The van der Waals surface area contributed by atoms with Crippen LogP contribution in [0.5, 0.6) is 0 Å². The first kappa shape index (κ1) is 19.8. The minimum atomic E-state index is -0.723. The van der Waals surface area contributed by atoms with Crippen LogP contribution in [-0.2, 0) is 9.53 Å². The van der Waals surface area contributed by atoms with Gasteiger partial charge in [0.15, 0.2) is 0 Å². The number of benzene rings is 1. The van der Waals surface area contributed by atoms with Gasteiger partial charge >= 0.3 is 0 Å². The zero-order chi connectivity index (χ0) is 17.0. The molecule has 1 aliphatic rings. The van der Waals surface area contributed by atoms with Crippen LogP contribution in [0.3, 0.4) is 0 Å². The Morgan fingerprint density at radius 3 is 2.64 bits per heavy atom. The number of ether oxygens (including phenoxy) is 1. The van der Waals surface area contributed by atoms with Crippen LogP contribution in [0.25, 0.3) is 11.3 Å². The summed E-state index contributed by atoms with van der Waals surface area (Å²) in [6, 6.07) is 9.93. The molecule has 1 amide bonds. The molecular formula is C18H24ClN3O2S. The third-order valence-corrected chi connectivity index (χ3v) is 5.55. The maximum absolute atomic E-state index is 12.7. The van der Waals surface area contributed by atoms with Gasteiger partial charge in [-0.3, -0.25) is 4.79 Å². The Morgan fingerprint density at radius 2 is 2.00 bits per heavy atom. The second-order valence-electron chi connectivity index (χ2n) is 6.08. The zero-order valence-corrected chi connectivity index (χ0v) is 16.1. The normalized spacial score (nSPS) is 17.4. The van der Waals surface area contributed by atoms with E-state index in [9.17, 15) is 4.79 Å². The Hall–Kier alpha value is -1.47. The number of methoxy groups -OCH3 is 1. The smallest absolute Gasteiger partial charge is 0.252 e. The summed E-state index contributed by atoms with van der Waals surface area (Å²) in [5, 5.41) is 9.28. The molecule has 0 spiro atoms. The quantitative estimate of drug-likeness (QED) is 0.834. The van der Waals surface area contributed by atoms with E-state index in [0.29, 0.717) is 12.8 Å². The zero-order valence-electron chi connectivity index (χ0n) is 14.5. The van der Waals surface area contributed by atoms with Crippen LogP contribution in [-0.4, -0.2) is 36.7 Å². The number of carbonyl (C=O) groups is 1. The maximum atomic E-state index is 12.7. The number of thiazole rings is 1. The van der Waals surface area contributed by atoms with Crippen LogP contribution in [0.4, 0.5) is 0 Å². The molecule has 1 fully saturated rings. The molecular weight excluding hydrogens is 358 g/mol. The van der Waals surface area contributed by atoms with Gasteiger partial charge in [0.1, 0.15) is 10.6 Å². The number of nitrogens with zero attached hydrogens (tertiary/aromatic N) is 1. The molecule has 3 rings (SSSR count). The molecule has 1 unspecified atom stereocenters. The first-order chi connectivity index (χ1) is 11.6. The number of hydrogen-bond acceptors (Lipinski definition) is 5. The van der Waals surface area contributed by atoms with E-state index in [2.05, 4.69) is 15.6 Å². The van der Waals surface area contributed by atoms with Crippen molar-refractivity contribution in [3.05, 3.63) is 40.7 Å². The molecule has 2 N–H and O–H groups in total. The van der Waals surface area contributed by atoms with Gasteiger partial charge < -0.3 is 15.4 Å². The van der Waals surface area contributed by atoms with Gasteiger partial charge in [0, 0.05) is 18.1 Å². The summed E-state index contributed by atoms with van der Waals surface area (Å²) in [4.78, 5) is 17.4. The highest BCUT2D eigenvalue weighted by atomic mass is 35.5. The van der Waals surface area contributed by atoms with Crippen molar-refractivity contribution in [1.82, 2.24) is 15.6 Å².